The summed E-state index contributed by atoms with van der Waals surface area (Å²) >= 11 is 0. The molecule has 1 saturated heterocycles. The molecule has 0 atom stereocenters. The van der Waals surface area contributed by atoms with Gasteiger partial charge in [-0.05, 0) is 25.3 Å². The van der Waals surface area contributed by atoms with E-state index in [0.29, 0.717) is 32.5 Å². The predicted molar refractivity (Wildman–Crippen MR) is 106 cm³/mol. The number of amides is 1. The largest absolute Gasteiger partial charge is 0.435 e. The number of hydrogen-bond acceptors (Lipinski definition) is 5. The van der Waals surface area contributed by atoms with Crippen LogP contribution in [-0.4, -0.2) is 66.0 Å². The summed E-state index contributed by atoms with van der Waals surface area (Å²) in [5, 5.41) is 8.03. The first-order valence-electron chi connectivity index (χ1n) is 10.1. The number of ether oxygens (including phenoxy) is 1. The molecule has 1 aromatic rings. The van der Waals surface area contributed by atoms with Gasteiger partial charge in [0.15, 0.2) is 5.69 Å². The first kappa shape index (κ1) is 22.7. The Bertz CT molecular complexity index is 785. The molecule has 0 saturated carbocycles. The van der Waals surface area contributed by atoms with Crippen molar-refractivity contribution in [1.29, 1.82) is 0 Å². The zero-order valence-corrected chi connectivity index (χ0v) is 18.5. The van der Waals surface area contributed by atoms with Gasteiger partial charge in [0, 0.05) is 45.9 Å². The van der Waals surface area contributed by atoms with E-state index in [2.05, 4.69) is 30.0 Å². The smallest absolute Gasteiger partial charge is 0.360 e. The molecular weight excluding hydrogens is 419 g/mol. The molecule has 0 spiro atoms. The maximum atomic E-state index is 13.5. The molecular formula is C18H28F3N5O3Si. The predicted octanol–water partition coefficient (Wildman–Crippen LogP) is 3.36. The highest BCUT2D eigenvalue weighted by atomic mass is 28.3. The minimum absolute atomic E-state index is 0.0301. The van der Waals surface area contributed by atoms with Gasteiger partial charge < -0.3 is 9.64 Å². The fraction of sp³-hybridized carbons (Fsp3) is 0.778. The summed E-state index contributed by atoms with van der Waals surface area (Å²) in [6.07, 6.45) is -3.42. The summed E-state index contributed by atoms with van der Waals surface area (Å²) in [7, 11) is -1.35. The van der Waals surface area contributed by atoms with E-state index in [4.69, 9.17) is 4.74 Å². The molecule has 3 heterocycles. The van der Waals surface area contributed by atoms with Gasteiger partial charge in [-0.2, -0.15) is 18.3 Å². The Labute approximate surface area is 174 Å². The lowest BCUT2D eigenvalue weighted by atomic mass is 9.97. The van der Waals surface area contributed by atoms with Gasteiger partial charge in [0.2, 0.25) is 0 Å². The molecule has 0 aromatic carbocycles. The lowest BCUT2D eigenvalue weighted by Gasteiger charge is -2.38. The first-order chi connectivity index (χ1) is 14.0. The lowest BCUT2D eigenvalue weighted by molar-refractivity contribution is -0.142. The van der Waals surface area contributed by atoms with Crippen LogP contribution in [0.15, 0.2) is 5.29 Å². The van der Waals surface area contributed by atoms with Crippen molar-refractivity contribution in [1.82, 2.24) is 19.7 Å². The monoisotopic (exact) mass is 447 g/mol. The van der Waals surface area contributed by atoms with Crippen LogP contribution in [0.5, 0.6) is 0 Å². The fourth-order valence-electron chi connectivity index (χ4n) is 3.89. The van der Waals surface area contributed by atoms with Gasteiger partial charge in [-0.1, -0.05) is 19.6 Å². The Balaban J connectivity index is 1.80. The number of alkyl halides is 3. The average molecular weight is 448 g/mol. The number of aromatic nitrogens is 2. The van der Waals surface area contributed by atoms with Crippen LogP contribution < -0.4 is 0 Å². The third kappa shape index (κ3) is 5.02. The Hall–Kier alpha value is -1.95. The highest BCUT2D eigenvalue weighted by Gasteiger charge is 2.44. The van der Waals surface area contributed by atoms with Gasteiger partial charge >= 0.3 is 6.18 Å². The molecule has 1 amide bonds. The standard InChI is InChI=1S/C18H28F3N5O3Si/c1-30(2,3)11-10-29-12-26-15-14(16(22-26)18(19,20)21)6-9-25(17(15)27)13-4-7-24(23-28)8-5-13/h13H,4-12H2,1-3H3. The maximum absolute atomic E-state index is 13.5. The third-order valence-electron chi connectivity index (χ3n) is 5.59. The van der Waals surface area contributed by atoms with Crippen LogP contribution in [0, 0.1) is 4.91 Å². The highest BCUT2D eigenvalue weighted by molar-refractivity contribution is 6.76. The minimum Gasteiger partial charge on any atom is -0.360 e. The maximum Gasteiger partial charge on any atom is 0.435 e. The van der Waals surface area contributed by atoms with Crippen LogP contribution in [0.25, 0.3) is 0 Å². The molecule has 8 nitrogen and oxygen atoms in total. The Morgan fingerprint density at radius 1 is 1.20 bits per heavy atom. The zero-order chi connectivity index (χ0) is 22.1. The number of piperidine rings is 1. The van der Waals surface area contributed by atoms with E-state index >= 15 is 0 Å². The molecule has 1 fully saturated rings. The quantitative estimate of drug-likeness (QED) is 0.364. The minimum atomic E-state index is -4.63. The van der Waals surface area contributed by atoms with Gasteiger partial charge in [0.1, 0.15) is 12.4 Å². The number of carbonyl (C=O) groups excluding carboxylic acids is 1. The van der Waals surface area contributed by atoms with Crippen molar-refractivity contribution >= 4 is 14.0 Å². The van der Waals surface area contributed by atoms with E-state index in [1.165, 1.54) is 5.01 Å². The summed E-state index contributed by atoms with van der Waals surface area (Å²) < 4.78 is 47.2. The van der Waals surface area contributed by atoms with Gasteiger partial charge in [0.05, 0.1) is 5.29 Å². The van der Waals surface area contributed by atoms with E-state index in [0.717, 1.165) is 10.7 Å². The van der Waals surface area contributed by atoms with Crippen LogP contribution in [0.1, 0.15) is 34.6 Å². The Morgan fingerprint density at radius 3 is 2.43 bits per heavy atom. The van der Waals surface area contributed by atoms with Gasteiger partial charge in [0.25, 0.3) is 5.91 Å². The molecule has 0 N–H and O–H groups in total. The molecule has 0 bridgehead atoms. The molecule has 2 aliphatic rings. The molecule has 2 aliphatic heterocycles. The lowest BCUT2D eigenvalue weighted by Crippen LogP contribution is -2.49. The zero-order valence-electron chi connectivity index (χ0n) is 17.5. The van der Waals surface area contributed by atoms with E-state index in [9.17, 15) is 22.9 Å². The summed E-state index contributed by atoms with van der Waals surface area (Å²) in [6, 6.07) is 0.737. The second-order valence-electron chi connectivity index (χ2n) is 9.04. The Morgan fingerprint density at radius 2 is 1.87 bits per heavy atom. The number of carbonyl (C=O) groups is 1. The molecule has 0 unspecified atom stereocenters. The van der Waals surface area contributed by atoms with Gasteiger partial charge in [-0.25, -0.2) is 4.68 Å². The van der Waals surface area contributed by atoms with Crippen LogP contribution in [0.4, 0.5) is 13.2 Å². The summed E-state index contributed by atoms with van der Waals surface area (Å²) in [5.41, 5.74) is -1.08. The summed E-state index contributed by atoms with van der Waals surface area (Å²) in [6.45, 7) is 7.84. The fourth-order valence-corrected chi connectivity index (χ4v) is 4.65. The third-order valence-corrected chi connectivity index (χ3v) is 7.30. The Kier molecular flexibility index (Phi) is 6.56. The molecule has 0 aliphatic carbocycles. The van der Waals surface area contributed by atoms with Crippen molar-refractivity contribution in [2.24, 2.45) is 5.29 Å². The van der Waals surface area contributed by atoms with E-state index in [1.54, 1.807) is 4.90 Å². The SMILES string of the molecule is C[Si](C)(C)CCOCn1nc(C(F)(F)F)c2c1C(=O)N(C1CCN(N=O)CC1)CC2. The first-order valence-corrected chi connectivity index (χ1v) is 13.9. The van der Waals surface area contributed by atoms with Gasteiger partial charge in [-0.15, -0.1) is 4.91 Å². The number of rotatable bonds is 7. The average Bonchev–Trinajstić information content (AvgIpc) is 3.05. The molecule has 3 rings (SSSR count). The van der Waals surface area contributed by atoms with E-state index < -0.39 is 25.9 Å². The number of nitrogens with zero attached hydrogens (tertiary/aromatic N) is 5. The van der Waals surface area contributed by atoms with Crippen molar-refractivity contribution < 1.29 is 22.7 Å². The van der Waals surface area contributed by atoms with Crippen LogP contribution >= 0.6 is 0 Å². The molecule has 30 heavy (non-hydrogen) atoms. The molecule has 12 heteroatoms. The highest BCUT2D eigenvalue weighted by Crippen LogP contribution is 2.36. The van der Waals surface area contributed by atoms with Crippen molar-refractivity contribution in [3.63, 3.8) is 0 Å². The second kappa shape index (κ2) is 8.65. The summed E-state index contributed by atoms with van der Waals surface area (Å²) in [4.78, 5) is 25.5. The molecule has 1 aromatic heterocycles. The van der Waals surface area contributed by atoms with E-state index in [-0.39, 0.29) is 37.0 Å². The normalized spacial score (nSPS) is 18.7. The molecule has 0 radical (unpaired) electrons. The van der Waals surface area contributed by atoms with Gasteiger partial charge in [-0.3, -0.25) is 9.80 Å². The van der Waals surface area contributed by atoms with Crippen molar-refractivity contribution in [2.45, 2.75) is 63.9 Å². The number of hydrogen-bond donors (Lipinski definition) is 0. The topological polar surface area (TPSA) is 80.0 Å². The van der Waals surface area contributed by atoms with Crippen LogP contribution in [-0.2, 0) is 24.1 Å². The van der Waals surface area contributed by atoms with E-state index in [1.807, 2.05) is 0 Å². The van der Waals surface area contributed by atoms with Crippen molar-refractivity contribution in [2.75, 3.05) is 26.2 Å². The van der Waals surface area contributed by atoms with Crippen LogP contribution in [0.2, 0.25) is 25.7 Å². The number of nitroso groups, excluding NO2 is 1. The number of halogens is 3. The molecule has 168 valence electrons. The number of fused-ring (bicyclic) bond motifs is 1. The van der Waals surface area contributed by atoms with Crippen molar-refractivity contribution in [3.8, 4) is 0 Å². The van der Waals surface area contributed by atoms with Crippen LogP contribution in [0.3, 0.4) is 0 Å². The van der Waals surface area contributed by atoms with Crippen molar-refractivity contribution in [3.05, 3.63) is 21.9 Å². The summed E-state index contributed by atoms with van der Waals surface area (Å²) in [5.74, 6) is -0.453. The second-order valence-corrected chi connectivity index (χ2v) is 14.7.